The summed E-state index contributed by atoms with van der Waals surface area (Å²) in [6.45, 7) is 1.70. The summed E-state index contributed by atoms with van der Waals surface area (Å²) in [4.78, 5) is 21.7. The SMILES string of the molecule is C[C@@H](C(=O)O)N(Cc1ccc(OCc2cccc(F)c2)cc1)N=O. The van der Waals surface area contributed by atoms with Gasteiger partial charge in [-0.15, -0.1) is 4.91 Å². The molecule has 0 heterocycles. The molecular formula is C17H17FN2O4. The van der Waals surface area contributed by atoms with Gasteiger partial charge in [0, 0.05) is 0 Å². The Morgan fingerprint density at radius 1 is 1.25 bits per heavy atom. The van der Waals surface area contributed by atoms with Gasteiger partial charge in [-0.1, -0.05) is 24.3 Å². The summed E-state index contributed by atoms with van der Waals surface area (Å²) in [7, 11) is 0. The Hall–Kier alpha value is -2.96. The van der Waals surface area contributed by atoms with Gasteiger partial charge in [0.1, 0.15) is 24.2 Å². The number of ether oxygens (including phenoxy) is 1. The minimum atomic E-state index is -1.12. The summed E-state index contributed by atoms with van der Waals surface area (Å²) in [6.07, 6.45) is 0. The number of aliphatic carboxylic acids is 1. The number of hydrogen-bond acceptors (Lipinski definition) is 4. The van der Waals surface area contributed by atoms with Crippen LogP contribution in [0.3, 0.4) is 0 Å². The van der Waals surface area contributed by atoms with Crippen molar-refractivity contribution in [3.05, 3.63) is 70.4 Å². The molecule has 0 aliphatic heterocycles. The van der Waals surface area contributed by atoms with Crippen molar-refractivity contribution in [2.24, 2.45) is 5.29 Å². The van der Waals surface area contributed by atoms with Crippen LogP contribution >= 0.6 is 0 Å². The summed E-state index contributed by atoms with van der Waals surface area (Å²) >= 11 is 0. The fourth-order valence-electron chi connectivity index (χ4n) is 2.04. The molecule has 0 saturated carbocycles. The highest BCUT2D eigenvalue weighted by Gasteiger charge is 2.20. The Labute approximate surface area is 138 Å². The van der Waals surface area contributed by atoms with E-state index >= 15 is 0 Å². The fraction of sp³-hybridized carbons (Fsp3) is 0.235. The monoisotopic (exact) mass is 332 g/mol. The van der Waals surface area contributed by atoms with E-state index in [9.17, 15) is 14.1 Å². The molecule has 2 aromatic carbocycles. The molecule has 0 saturated heterocycles. The molecular weight excluding hydrogens is 315 g/mol. The summed E-state index contributed by atoms with van der Waals surface area (Å²) in [5.41, 5.74) is 1.44. The van der Waals surface area contributed by atoms with E-state index in [2.05, 4.69) is 5.29 Å². The number of rotatable bonds is 8. The molecule has 0 amide bonds. The molecule has 0 aromatic heterocycles. The lowest BCUT2D eigenvalue weighted by Crippen LogP contribution is -2.34. The third-order valence-electron chi connectivity index (χ3n) is 3.47. The summed E-state index contributed by atoms with van der Waals surface area (Å²) < 4.78 is 18.6. The molecule has 0 bridgehead atoms. The lowest BCUT2D eigenvalue weighted by molar-refractivity contribution is -0.142. The van der Waals surface area contributed by atoms with Gasteiger partial charge >= 0.3 is 5.97 Å². The predicted molar refractivity (Wildman–Crippen MR) is 85.6 cm³/mol. The first-order chi connectivity index (χ1) is 11.5. The van der Waals surface area contributed by atoms with Crippen LogP contribution < -0.4 is 4.74 Å². The van der Waals surface area contributed by atoms with Gasteiger partial charge in [-0.2, -0.15) is 0 Å². The zero-order valence-corrected chi connectivity index (χ0v) is 13.1. The van der Waals surface area contributed by atoms with Crippen LogP contribution in [-0.2, 0) is 17.9 Å². The third-order valence-corrected chi connectivity index (χ3v) is 3.47. The van der Waals surface area contributed by atoms with Gasteiger partial charge in [-0.25, -0.2) is 14.2 Å². The molecule has 6 nitrogen and oxygen atoms in total. The summed E-state index contributed by atoms with van der Waals surface area (Å²) in [5, 5.41) is 12.6. The van der Waals surface area contributed by atoms with E-state index in [0.717, 1.165) is 10.6 Å². The Morgan fingerprint density at radius 2 is 1.96 bits per heavy atom. The van der Waals surface area contributed by atoms with Crippen molar-refractivity contribution in [3.8, 4) is 5.75 Å². The largest absolute Gasteiger partial charge is 0.489 e. The summed E-state index contributed by atoms with van der Waals surface area (Å²) in [5.74, 6) is -0.856. The molecule has 126 valence electrons. The Bertz CT molecular complexity index is 706. The van der Waals surface area contributed by atoms with E-state index in [1.54, 1.807) is 36.4 Å². The minimum Gasteiger partial charge on any atom is -0.489 e. The number of carboxylic acid groups (broad SMARTS) is 1. The molecule has 2 aromatic rings. The van der Waals surface area contributed by atoms with Crippen molar-refractivity contribution in [1.29, 1.82) is 0 Å². The molecule has 2 rings (SSSR count). The zero-order chi connectivity index (χ0) is 17.5. The second-order valence-electron chi connectivity index (χ2n) is 5.26. The van der Waals surface area contributed by atoms with Crippen molar-refractivity contribution < 1.29 is 19.0 Å². The van der Waals surface area contributed by atoms with Crippen LogP contribution in [0.15, 0.2) is 53.8 Å². The van der Waals surface area contributed by atoms with Crippen LogP contribution in [0.1, 0.15) is 18.1 Å². The molecule has 0 radical (unpaired) electrons. The Morgan fingerprint density at radius 3 is 2.54 bits per heavy atom. The van der Waals surface area contributed by atoms with Gasteiger partial charge in [-0.05, 0) is 42.3 Å². The molecule has 24 heavy (non-hydrogen) atoms. The average Bonchev–Trinajstić information content (AvgIpc) is 2.58. The van der Waals surface area contributed by atoms with Gasteiger partial charge in [0.15, 0.2) is 0 Å². The van der Waals surface area contributed by atoms with E-state index in [1.807, 2.05) is 0 Å². The lowest BCUT2D eigenvalue weighted by atomic mass is 10.2. The predicted octanol–water partition coefficient (Wildman–Crippen LogP) is 3.36. The quantitative estimate of drug-likeness (QED) is 0.592. The number of nitroso groups, excluding NO2 is 1. The first-order valence-electron chi connectivity index (χ1n) is 7.28. The zero-order valence-electron chi connectivity index (χ0n) is 13.1. The van der Waals surface area contributed by atoms with Crippen molar-refractivity contribution >= 4 is 5.97 Å². The van der Waals surface area contributed by atoms with Gasteiger partial charge in [0.2, 0.25) is 0 Å². The average molecular weight is 332 g/mol. The van der Waals surface area contributed by atoms with Crippen LogP contribution in [0.25, 0.3) is 0 Å². The fourth-order valence-corrected chi connectivity index (χ4v) is 2.04. The topological polar surface area (TPSA) is 79.2 Å². The van der Waals surface area contributed by atoms with E-state index in [4.69, 9.17) is 9.84 Å². The molecule has 0 spiro atoms. The number of halogens is 1. The maximum Gasteiger partial charge on any atom is 0.327 e. The highest BCUT2D eigenvalue weighted by atomic mass is 19.1. The van der Waals surface area contributed by atoms with Crippen molar-refractivity contribution in [1.82, 2.24) is 5.01 Å². The number of benzene rings is 2. The molecule has 0 unspecified atom stereocenters. The first kappa shape index (κ1) is 17.4. The van der Waals surface area contributed by atoms with Gasteiger partial charge in [-0.3, -0.25) is 0 Å². The number of carbonyl (C=O) groups is 1. The van der Waals surface area contributed by atoms with Crippen molar-refractivity contribution in [3.63, 3.8) is 0 Å². The van der Waals surface area contributed by atoms with Crippen molar-refractivity contribution in [2.75, 3.05) is 0 Å². The smallest absolute Gasteiger partial charge is 0.327 e. The molecule has 0 aliphatic carbocycles. The van der Waals surface area contributed by atoms with Crippen LogP contribution in [0, 0.1) is 10.7 Å². The summed E-state index contributed by atoms with van der Waals surface area (Å²) in [6, 6.07) is 12.0. The highest BCUT2D eigenvalue weighted by Crippen LogP contribution is 2.17. The first-order valence-corrected chi connectivity index (χ1v) is 7.28. The third kappa shape index (κ3) is 4.77. The van der Waals surface area contributed by atoms with Crippen molar-refractivity contribution in [2.45, 2.75) is 26.1 Å². The Kier molecular flexibility index (Phi) is 5.83. The second kappa shape index (κ2) is 8.05. The van der Waals surface area contributed by atoms with E-state index in [0.29, 0.717) is 11.3 Å². The van der Waals surface area contributed by atoms with Crippen LogP contribution in [0.5, 0.6) is 5.75 Å². The molecule has 1 N–H and O–H groups in total. The molecule has 0 aliphatic rings. The lowest BCUT2D eigenvalue weighted by Gasteiger charge is -2.19. The van der Waals surface area contributed by atoms with Gasteiger partial charge in [0.25, 0.3) is 0 Å². The maximum absolute atomic E-state index is 13.1. The molecule has 0 fully saturated rings. The number of nitrogens with zero attached hydrogens (tertiary/aromatic N) is 2. The van der Waals surface area contributed by atoms with Gasteiger partial charge in [0.05, 0.1) is 11.8 Å². The minimum absolute atomic E-state index is 0.0845. The Balaban J connectivity index is 1.95. The number of hydrogen-bond donors (Lipinski definition) is 1. The molecule has 1 atom stereocenters. The van der Waals surface area contributed by atoms with Crippen LogP contribution in [0.2, 0.25) is 0 Å². The van der Waals surface area contributed by atoms with E-state index in [-0.39, 0.29) is 19.0 Å². The van der Waals surface area contributed by atoms with Crippen LogP contribution in [0.4, 0.5) is 4.39 Å². The van der Waals surface area contributed by atoms with E-state index in [1.165, 1.54) is 19.1 Å². The normalized spacial score (nSPS) is 11.6. The van der Waals surface area contributed by atoms with Gasteiger partial charge < -0.3 is 9.84 Å². The highest BCUT2D eigenvalue weighted by molar-refractivity contribution is 5.72. The number of carboxylic acids is 1. The van der Waals surface area contributed by atoms with Crippen LogP contribution in [-0.4, -0.2) is 22.1 Å². The van der Waals surface area contributed by atoms with E-state index < -0.39 is 12.0 Å². The maximum atomic E-state index is 13.1. The molecule has 7 heteroatoms. The second-order valence-corrected chi connectivity index (χ2v) is 5.26. The standard InChI is InChI=1S/C17H17FN2O4/c1-12(17(21)22)20(19-23)10-13-5-7-16(8-6-13)24-11-14-3-2-4-15(18)9-14/h2-9,12H,10-11H2,1H3,(H,21,22)/t12-/m0/s1.